The first-order valence-corrected chi connectivity index (χ1v) is 13.9. The Balaban J connectivity index is 1.41. The Bertz CT molecular complexity index is 1170. The van der Waals surface area contributed by atoms with Crippen LogP contribution in [0.3, 0.4) is 0 Å². The summed E-state index contributed by atoms with van der Waals surface area (Å²) in [6.45, 7) is 9.95. The molecule has 0 spiro atoms. The van der Waals surface area contributed by atoms with Gasteiger partial charge in [-0.25, -0.2) is 8.42 Å². The van der Waals surface area contributed by atoms with Gasteiger partial charge in [-0.1, -0.05) is 26.0 Å². The Morgan fingerprint density at radius 3 is 2.31 bits per heavy atom. The van der Waals surface area contributed by atoms with Gasteiger partial charge in [0.05, 0.1) is 24.2 Å². The van der Waals surface area contributed by atoms with Crippen molar-refractivity contribution in [2.24, 2.45) is 11.8 Å². The molecule has 1 atom stereocenters. The van der Waals surface area contributed by atoms with Gasteiger partial charge in [0.1, 0.15) is 0 Å². The van der Waals surface area contributed by atoms with E-state index in [1.165, 1.54) is 4.31 Å². The lowest BCUT2D eigenvalue weighted by Gasteiger charge is -2.32. The van der Waals surface area contributed by atoms with E-state index in [1.807, 2.05) is 38.1 Å². The molecule has 0 unspecified atom stereocenters. The molecular formula is C27H36N2O5S. The molecule has 2 aliphatic heterocycles. The minimum absolute atomic E-state index is 0.0287. The summed E-state index contributed by atoms with van der Waals surface area (Å²) >= 11 is 0. The molecule has 4 rings (SSSR count). The molecule has 2 heterocycles. The van der Waals surface area contributed by atoms with Gasteiger partial charge < -0.3 is 14.8 Å². The molecule has 2 aliphatic rings. The number of hydrogen-bond donors (Lipinski definition) is 1. The summed E-state index contributed by atoms with van der Waals surface area (Å²) in [5.74, 6) is 1.37. The van der Waals surface area contributed by atoms with Crippen molar-refractivity contribution in [3.8, 4) is 11.5 Å². The van der Waals surface area contributed by atoms with Crippen molar-refractivity contribution in [1.29, 1.82) is 0 Å². The molecule has 1 N–H and O–H groups in total. The number of carbonyl (C=O) groups excluding carboxylic acids is 1. The molecule has 0 aliphatic carbocycles. The van der Waals surface area contributed by atoms with Gasteiger partial charge in [0.2, 0.25) is 15.9 Å². The summed E-state index contributed by atoms with van der Waals surface area (Å²) in [5, 5.41) is 3.22. The number of amides is 1. The van der Waals surface area contributed by atoms with E-state index in [0.29, 0.717) is 49.8 Å². The highest BCUT2D eigenvalue weighted by Gasteiger charge is 2.33. The zero-order chi connectivity index (χ0) is 25.2. The van der Waals surface area contributed by atoms with Crippen LogP contribution in [0.5, 0.6) is 11.5 Å². The van der Waals surface area contributed by atoms with Crippen molar-refractivity contribution >= 4 is 15.9 Å². The van der Waals surface area contributed by atoms with Crippen molar-refractivity contribution in [3.63, 3.8) is 0 Å². The summed E-state index contributed by atoms with van der Waals surface area (Å²) in [5.41, 5.74) is 3.00. The molecule has 1 saturated heterocycles. The second-order valence-corrected chi connectivity index (χ2v) is 11.8. The Labute approximate surface area is 208 Å². The van der Waals surface area contributed by atoms with Gasteiger partial charge >= 0.3 is 0 Å². The highest BCUT2D eigenvalue weighted by molar-refractivity contribution is 7.89. The second kappa shape index (κ2) is 10.6. The lowest BCUT2D eigenvalue weighted by Crippen LogP contribution is -2.44. The average molecular weight is 501 g/mol. The van der Waals surface area contributed by atoms with Gasteiger partial charge in [0.15, 0.2) is 11.5 Å². The van der Waals surface area contributed by atoms with Crippen LogP contribution in [0.15, 0.2) is 41.3 Å². The van der Waals surface area contributed by atoms with Gasteiger partial charge in [0, 0.05) is 25.4 Å². The van der Waals surface area contributed by atoms with Crippen molar-refractivity contribution < 1.29 is 22.7 Å². The molecule has 2 aromatic rings. The van der Waals surface area contributed by atoms with E-state index in [-0.39, 0.29) is 23.8 Å². The fraction of sp³-hybridized carbons (Fsp3) is 0.519. The van der Waals surface area contributed by atoms with Crippen LogP contribution < -0.4 is 14.8 Å². The molecule has 0 aromatic heterocycles. The first kappa shape index (κ1) is 25.5. The number of carbonyl (C=O) groups is 1. The van der Waals surface area contributed by atoms with E-state index in [9.17, 15) is 13.2 Å². The number of sulfonamides is 1. The van der Waals surface area contributed by atoms with Crippen LogP contribution in [-0.2, 0) is 14.8 Å². The lowest BCUT2D eigenvalue weighted by molar-refractivity contribution is -0.127. The number of hydrogen-bond acceptors (Lipinski definition) is 5. The summed E-state index contributed by atoms with van der Waals surface area (Å²) in [4.78, 5) is 13.5. The van der Waals surface area contributed by atoms with E-state index >= 15 is 0 Å². The van der Waals surface area contributed by atoms with Gasteiger partial charge in [-0.15, -0.1) is 0 Å². The fourth-order valence-electron chi connectivity index (χ4n) is 4.66. The molecule has 190 valence electrons. The molecule has 1 amide bonds. The van der Waals surface area contributed by atoms with Gasteiger partial charge in [0.25, 0.3) is 0 Å². The summed E-state index contributed by atoms with van der Waals surface area (Å²) in [6.07, 6.45) is 1.84. The maximum absolute atomic E-state index is 13.2. The van der Waals surface area contributed by atoms with E-state index in [2.05, 4.69) is 19.2 Å². The quantitative estimate of drug-likeness (QED) is 0.636. The number of rotatable bonds is 6. The van der Waals surface area contributed by atoms with Crippen LogP contribution in [0, 0.1) is 25.7 Å². The molecule has 35 heavy (non-hydrogen) atoms. The second-order valence-electron chi connectivity index (χ2n) is 9.91. The monoisotopic (exact) mass is 500 g/mol. The fourth-order valence-corrected chi connectivity index (χ4v) is 6.22. The minimum atomic E-state index is -3.57. The van der Waals surface area contributed by atoms with Gasteiger partial charge in [-0.3, -0.25) is 4.79 Å². The van der Waals surface area contributed by atoms with Crippen LogP contribution in [0.2, 0.25) is 0 Å². The number of nitrogens with zero attached hydrogens (tertiary/aromatic N) is 1. The third-order valence-electron chi connectivity index (χ3n) is 7.04. The lowest BCUT2D eigenvalue weighted by atomic mass is 9.92. The predicted molar refractivity (Wildman–Crippen MR) is 135 cm³/mol. The predicted octanol–water partition coefficient (Wildman–Crippen LogP) is 4.38. The molecule has 8 heteroatoms. The molecule has 1 fully saturated rings. The summed E-state index contributed by atoms with van der Waals surface area (Å²) in [6, 6.07) is 10.9. The van der Waals surface area contributed by atoms with E-state index in [1.54, 1.807) is 12.1 Å². The smallest absolute Gasteiger partial charge is 0.243 e. The van der Waals surface area contributed by atoms with Gasteiger partial charge in [-0.2, -0.15) is 4.31 Å². The molecule has 0 radical (unpaired) electrons. The Morgan fingerprint density at radius 1 is 0.971 bits per heavy atom. The molecular weight excluding hydrogens is 464 g/mol. The van der Waals surface area contributed by atoms with Crippen LogP contribution in [0.4, 0.5) is 0 Å². The average Bonchev–Trinajstić information content (AvgIpc) is 3.09. The maximum atomic E-state index is 13.2. The SMILES string of the molecule is Cc1ccc(S(=O)(=O)N2CCC(C(=O)N[C@@H](c3ccc4c(c3)OCCCO4)C(C)C)CC2)cc1C. The molecule has 0 saturated carbocycles. The third kappa shape index (κ3) is 5.64. The van der Waals surface area contributed by atoms with Crippen molar-refractivity contribution in [1.82, 2.24) is 9.62 Å². The zero-order valence-electron chi connectivity index (χ0n) is 21.0. The van der Waals surface area contributed by atoms with E-state index in [0.717, 1.165) is 28.9 Å². The highest BCUT2D eigenvalue weighted by Crippen LogP contribution is 2.34. The first-order valence-electron chi connectivity index (χ1n) is 12.4. The molecule has 7 nitrogen and oxygen atoms in total. The van der Waals surface area contributed by atoms with Crippen LogP contribution in [0.25, 0.3) is 0 Å². The van der Waals surface area contributed by atoms with Crippen molar-refractivity contribution in [2.75, 3.05) is 26.3 Å². The summed E-state index contributed by atoms with van der Waals surface area (Å²) in [7, 11) is -3.57. The largest absolute Gasteiger partial charge is 0.490 e. The number of fused-ring (bicyclic) bond motifs is 1. The highest BCUT2D eigenvalue weighted by atomic mass is 32.2. The van der Waals surface area contributed by atoms with Crippen molar-refractivity contribution in [3.05, 3.63) is 53.1 Å². The number of benzene rings is 2. The number of aryl methyl sites for hydroxylation is 2. The van der Waals surface area contributed by atoms with Crippen LogP contribution >= 0.6 is 0 Å². The van der Waals surface area contributed by atoms with E-state index in [4.69, 9.17) is 9.47 Å². The normalized spacial score (nSPS) is 18.2. The van der Waals surface area contributed by atoms with E-state index < -0.39 is 10.0 Å². The first-order chi connectivity index (χ1) is 16.7. The number of ether oxygens (including phenoxy) is 2. The summed E-state index contributed by atoms with van der Waals surface area (Å²) < 4.78 is 39.3. The number of piperidine rings is 1. The Hall–Kier alpha value is -2.58. The maximum Gasteiger partial charge on any atom is 0.243 e. The zero-order valence-corrected chi connectivity index (χ0v) is 21.9. The number of nitrogens with one attached hydrogen (secondary N) is 1. The van der Waals surface area contributed by atoms with Crippen molar-refractivity contribution in [2.45, 2.75) is 57.9 Å². The molecule has 2 aromatic carbocycles. The standard InChI is InChI=1S/C27H36N2O5S/c1-18(2)26(22-7-9-24-25(17-22)34-15-5-14-33-24)28-27(30)21-10-12-29(13-11-21)35(31,32)23-8-6-19(3)20(4)16-23/h6-9,16-18,21,26H,5,10-15H2,1-4H3,(H,28,30)/t26-/m1/s1. The minimum Gasteiger partial charge on any atom is -0.490 e. The van der Waals surface area contributed by atoms with Gasteiger partial charge in [-0.05, 0) is 73.6 Å². The third-order valence-corrected chi connectivity index (χ3v) is 8.93. The van der Waals surface area contributed by atoms with Crippen LogP contribution in [0.1, 0.15) is 55.8 Å². The van der Waals surface area contributed by atoms with Crippen LogP contribution in [-0.4, -0.2) is 44.9 Å². The Morgan fingerprint density at radius 2 is 1.66 bits per heavy atom. The molecule has 0 bridgehead atoms. The topological polar surface area (TPSA) is 84.9 Å². The Kier molecular flexibility index (Phi) is 7.71.